The molecule has 1 aromatic rings. The summed E-state index contributed by atoms with van der Waals surface area (Å²) in [5, 5.41) is 10.7. The zero-order valence-corrected chi connectivity index (χ0v) is 10.8. The van der Waals surface area contributed by atoms with Gasteiger partial charge in [0.25, 0.3) is 0 Å². The third-order valence-electron chi connectivity index (χ3n) is 3.98. The van der Waals surface area contributed by atoms with Crippen LogP contribution in [0.25, 0.3) is 0 Å². The Kier molecular flexibility index (Phi) is 3.74. The van der Waals surface area contributed by atoms with E-state index in [9.17, 15) is 9.50 Å². The first kappa shape index (κ1) is 12.8. The van der Waals surface area contributed by atoms with Crippen LogP contribution >= 0.6 is 11.6 Å². The summed E-state index contributed by atoms with van der Waals surface area (Å²) in [6.07, 6.45) is 4.29. The van der Waals surface area contributed by atoms with E-state index in [1.54, 1.807) is 12.1 Å². The van der Waals surface area contributed by atoms with E-state index in [1.165, 1.54) is 6.07 Å². The average Bonchev–Trinajstić information content (AvgIpc) is 2.71. The minimum atomic E-state index is -0.472. The lowest BCUT2D eigenvalue weighted by Crippen LogP contribution is -2.31. The molecule has 0 heterocycles. The molecule has 1 aliphatic carbocycles. The van der Waals surface area contributed by atoms with E-state index in [2.05, 4.69) is 6.92 Å². The highest BCUT2D eigenvalue weighted by Crippen LogP contribution is 2.41. The van der Waals surface area contributed by atoms with Gasteiger partial charge in [-0.25, -0.2) is 4.39 Å². The van der Waals surface area contributed by atoms with Gasteiger partial charge in [0, 0.05) is 11.4 Å². The van der Waals surface area contributed by atoms with Crippen molar-refractivity contribution in [3.8, 4) is 0 Å². The van der Waals surface area contributed by atoms with Crippen molar-refractivity contribution in [2.24, 2.45) is 5.41 Å². The summed E-state index contributed by atoms with van der Waals surface area (Å²) < 4.78 is 13.6. The summed E-state index contributed by atoms with van der Waals surface area (Å²) >= 11 is 5.71. The largest absolute Gasteiger partial charge is 0.392 e. The average molecular weight is 257 g/mol. The number of halogens is 2. The lowest BCUT2D eigenvalue weighted by atomic mass is 9.80. The molecule has 0 bridgehead atoms. The van der Waals surface area contributed by atoms with Gasteiger partial charge in [0.2, 0.25) is 0 Å². The molecule has 1 saturated carbocycles. The molecule has 1 aromatic carbocycles. The molecule has 0 aliphatic heterocycles. The Morgan fingerprint density at radius 2 is 2.06 bits per heavy atom. The Balaban J connectivity index is 2.10. The van der Waals surface area contributed by atoms with Gasteiger partial charge in [0.15, 0.2) is 0 Å². The van der Waals surface area contributed by atoms with E-state index in [0.29, 0.717) is 17.0 Å². The highest BCUT2D eigenvalue weighted by atomic mass is 35.5. The van der Waals surface area contributed by atoms with Crippen molar-refractivity contribution in [3.63, 3.8) is 0 Å². The molecule has 1 aliphatic rings. The molecule has 0 spiro atoms. The second-order valence-corrected chi connectivity index (χ2v) is 5.75. The van der Waals surface area contributed by atoms with E-state index in [-0.39, 0.29) is 11.2 Å². The Morgan fingerprint density at radius 1 is 1.41 bits per heavy atom. The lowest BCUT2D eigenvalue weighted by molar-refractivity contribution is 0.0417. The van der Waals surface area contributed by atoms with Crippen LogP contribution < -0.4 is 0 Å². The normalized spacial score (nSPS) is 20.5. The van der Waals surface area contributed by atoms with Crippen LogP contribution in [0.2, 0.25) is 5.02 Å². The minimum Gasteiger partial charge on any atom is -0.392 e. The maximum absolute atomic E-state index is 13.6. The van der Waals surface area contributed by atoms with Crippen molar-refractivity contribution in [2.75, 3.05) is 0 Å². The number of hydrogen-bond donors (Lipinski definition) is 1. The van der Waals surface area contributed by atoms with Crippen LogP contribution in [0.15, 0.2) is 18.2 Å². The summed E-state index contributed by atoms with van der Waals surface area (Å²) in [6.45, 7) is 2.10. The van der Waals surface area contributed by atoms with Crippen LogP contribution in [-0.2, 0) is 6.42 Å². The van der Waals surface area contributed by atoms with Crippen LogP contribution in [0, 0.1) is 11.2 Å². The van der Waals surface area contributed by atoms with Crippen LogP contribution in [0.3, 0.4) is 0 Å². The zero-order chi connectivity index (χ0) is 12.5. The molecular weight excluding hydrogens is 239 g/mol. The van der Waals surface area contributed by atoms with E-state index in [0.717, 1.165) is 25.7 Å². The third-order valence-corrected chi connectivity index (χ3v) is 4.21. The van der Waals surface area contributed by atoms with Crippen LogP contribution in [0.5, 0.6) is 0 Å². The van der Waals surface area contributed by atoms with Crippen LogP contribution in [-0.4, -0.2) is 11.2 Å². The molecular formula is C14H18ClFO. The van der Waals surface area contributed by atoms with Gasteiger partial charge in [-0.15, -0.1) is 0 Å². The molecule has 0 aromatic heterocycles. The molecule has 3 heteroatoms. The maximum Gasteiger partial charge on any atom is 0.127 e. The van der Waals surface area contributed by atoms with Gasteiger partial charge in [0.05, 0.1) is 6.10 Å². The maximum atomic E-state index is 13.6. The molecule has 1 unspecified atom stereocenters. The molecule has 17 heavy (non-hydrogen) atoms. The first-order chi connectivity index (χ1) is 8.01. The van der Waals surface area contributed by atoms with E-state index < -0.39 is 6.10 Å². The van der Waals surface area contributed by atoms with E-state index in [4.69, 9.17) is 11.6 Å². The Labute approximate surface area is 107 Å². The highest BCUT2D eigenvalue weighted by Gasteiger charge is 2.36. The Hall–Kier alpha value is -0.600. The topological polar surface area (TPSA) is 20.2 Å². The Morgan fingerprint density at radius 3 is 2.65 bits per heavy atom. The number of rotatable bonds is 3. The summed E-state index contributed by atoms with van der Waals surface area (Å²) in [6, 6.07) is 4.64. The first-order valence-electron chi connectivity index (χ1n) is 6.13. The summed E-state index contributed by atoms with van der Waals surface area (Å²) in [7, 11) is 0. The van der Waals surface area contributed by atoms with Gasteiger partial charge in [-0.1, -0.05) is 37.4 Å². The molecule has 94 valence electrons. The molecule has 0 radical (unpaired) electrons. The molecule has 1 fully saturated rings. The quantitative estimate of drug-likeness (QED) is 0.868. The minimum absolute atomic E-state index is 0.0495. The third kappa shape index (κ3) is 2.80. The number of aliphatic hydroxyl groups excluding tert-OH is 1. The predicted octanol–water partition coefficient (Wildman–Crippen LogP) is 3.96. The lowest BCUT2D eigenvalue weighted by Gasteiger charge is -2.30. The first-order valence-corrected chi connectivity index (χ1v) is 6.51. The molecule has 2 rings (SSSR count). The number of benzene rings is 1. The standard InChI is InChI=1S/C14H18ClFO/c1-14(6-2-3-7-14)13(17)8-10-4-5-11(15)9-12(10)16/h4-5,9,13,17H,2-3,6-8H2,1H3. The van der Waals surface area contributed by atoms with Crippen molar-refractivity contribution in [2.45, 2.75) is 45.1 Å². The number of aliphatic hydroxyl groups is 1. The van der Waals surface area contributed by atoms with Gasteiger partial charge >= 0.3 is 0 Å². The highest BCUT2D eigenvalue weighted by molar-refractivity contribution is 6.30. The predicted molar refractivity (Wildman–Crippen MR) is 67.7 cm³/mol. The monoisotopic (exact) mass is 256 g/mol. The van der Waals surface area contributed by atoms with Gasteiger partial charge in [-0.05, 0) is 36.0 Å². The summed E-state index contributed by atoms with van der Waals surface area (Å²) in [5.74, 6) is -0.321. The van der Waals surface area contributed by atoms with Crippen molar-refractivity contribution in [1.82, 2.24) is 0 Å². The molecule has 1 atom stereocenters. The van der Waals surface area contributed by atoms with E-state index in [1.807, 2.05) is 0 Å². The van der Waals surface area contributed by atoms with Gasteiger partial charge in [-0.2, -0.15) is 0 Å². The fourth-order valence-electron chi connectivity index (χ4n) is 2.66. The molecule has 1 N–H and O–H groups in total. The van der Waals surface area contributed by atoms with Gasteiger partial charge in [0.1, 0.15) is 5.82 Å². The summed E-state index contributed by atoms with van der Waals surface area (Å²) in [5.41, 5.74) is 0.501. The van der Waals surface area contributed by atoms with Gasteiger partial charge in [-0.3, -0.25) is 0 Å². The number of hydrogen-bond acceptors (Lipinski definition) is 1. The molecule has 0 saturated heterocycles. The fraction of sp³-hybridized carbons (Fsp3) is 0.571. The molecule has 1 nitrogen and oxygen atoms in total. The van der Waals surface area contributed by atoms with Crippen molar-refractivity contribution >= 4 is 11.6 Å². The Bertz CT molecular complexity index is 399. The van der Waals surface area contributed by atoms with E-state index >= 15 is 0 Å². The smallest absolute Gasteiger partial charge is 0.127 e. The van der Waals surface area contributed by atoms with Crippen LogP contribution in [0.4, 0.5) is 4.39 Å². The van der Waals surface area contributed by atoms with Gasteiger partial charge < -0.3 is 5.11 Å². The fourth-order valence-corrected chi connectivity index (χ4v) is 2.82. The molecule has 0 amide bonds. The second kappa shape index (κ2) is 4.95. The van der Waals surface area contributed by atoms with Crippen molar-refractivity contribution < 1.29 is 9.50 Å². The van der Waals surface area contributed by atoms with Crippen molar-refractivity contribution in [1.29, 1.82) is 0 Å². The van der Waals surface area contributed by atoms with Crippen LogP contribution in [0.1, 0.15) is 38.2 Å². The zero-order valence-electron chi connectivity index (χ0n) is 10.0. The summed E-state index contributed by atoms with van der Waals surface area (Å²) in [4.78, 5) is 0. The van der Waals surface area contributed by atoms with Crippen molar-refractivity contribution in [3.05, 3.63) is 34.6 Å². The second-order valence-electron chi connectivity index (χ2n) is 5.32. The SMILES string of the molecule is CC1(C(O)Cc2ccc(Cl)cc2F)CCCC1.